The van der Waals surface area contributed by atoms with Crippen LogP contribution in [-0.4, -0.2) is 32.4 Å². The van der Waals surface area contributed by atoms with Crippen molar-refractivity contribution in [2.75, 3.05) is 19.6 Å². The Bertz CT molecular complexity index is 614. The zero-order chi connectivity index (χ0) is 15.3. The maximum absolute atomic E-state index is 12.5. The molecule has 1 aromatic carbocycles. The normalized spacial score (nSPS) is 17.5. The van der Waals surface area contributed by atoms with E-state index in [0.29, 0.717) is 36.7 Å². The van der Waals surface area contributed by atoms with Crippen molar-refractivity contribution in [3.63, 3.8) is 0 Å². The quantitative estimate of drug-likeness (QED) is 0.892. The predicted octanol–water partition coefficient (Wildman–Crippen LogP) is 1.45. The van der Waals surface area contributed by atoms with Crippen molar-refractivity contribution in [3.8, 4) is 6.07 Å². The van der Waals surface area contributed by atoms with E-state index < -0.39 is 10.0 Å². The molecule has 2 N–H and O–H groups in total. The topological polar surface area (TPSA) is 87.2 Å². The summed E-state index contributed by atoms with van der Waals surface area (Å²) in [5.41, 5.74) is 6.55. The molecule has 1 heterocycles. The van der Waals surface area contributed by atoms with Gasteiger partial charge in [-0.25, -0.2) is 12.7 Å². The van der Waals surface area contributed by atoms with Crippen LogP contribution in [0.4, 0.5) is 0 Å². The molecule has 1 aliphatic heterocycles. The van der Waals surface area contributed by atoms with Crippen molar-refractivity contribution in [1.29, 1.82) is 5.26 Å². The lowest BCUT2D eigenvalue weighted by Gasteiger charge is -2.31. The van der Waals surface area contributed by atoms with Gasteiger partial charge in [0.2, 0.25) is 10.0 Å². The van der Waals surface area contributed by atoms with Gasteiger partial charge in [0, 0.05) is 13.1 Å². The first-order chi connectivity index (χ1) is 10.1. The Morgan fingerprint density at radius 1 is 1.29 bits per heavy atom. The van der Waals surface area contributed by atoms with Crippen LogP contribution < -0.4 is 5.73 Å². The first-order valence-corrected chi connectivity index (χ1v) is 8.83. The van der Waals surface area contributed by atoms with Crippen LogP contribution in [0.2, 0.25) is 0 Å². The molecule has 5 nitrogen and oxygen atoms in total. The second-order valence-corrected chi connectivity index (χ2v) is 7.41. The molecule has 0 unspecified atom stereocenters. The van der Waals surface area contributed by atoms with Gasteiger partial charge in [-0.05, 0) is 43.4 Å². The summed E-state index contributed by atoms with van der Waals surface area (Å²) < 4.78 is 26.5. The van der Waals surface area contributed by atoms with Gasteiger partial charge in [-0.1, -0.05) is 18.2 Å². The molecule has 1 aromatic rings. The minimum absolute atomic E-state index is 0.0989. The van der Waals surface area contributed by atoms with E-state index in [9.17, 15) is 8.42 Å². The van der Waals surface area contributed by atoms with E-state index in [1.54, 1.807) is 28.6 Å². The van der Waals surface area contributed by atoms with Crippen molar-refractivity contribution >= 4 is 10.0 Å². The molecule has 1 saturated heterocycles. The number of nitrogens with zero attached hydrogens (tertiary/aromatic N) is 2. The fourth-order valence-corrected chi connectivity index (χ4v) is 4.35. The van der Waals surface area contributed by atoms with E-state index in [2.05, 4.69) is 0 Å². The third-order valence-electron chi connectivity index (χ3n) is 4.02. The van der Waals surface area contributed by atoms with Crippen molar-refractivity contribution in [2.24, 2.45) is 11.7 Å². The van der Waals surface area contributed by atoms with Gasteiger partial charge in [-0.2, -0.15) is 5.26 Å². The molecule has 0 radical (unpaired) electrons. The Morgan fingerprint density at radius 3 is 2.57 bits per heavy atom. The lowest BCUT2D eigenvalue weighted by molar-refractivity contribution is 0.265. The van der Waals surface area contributed by atoms with Gasteiger partial charge in [-0.3, -0.25) is 0 Å². The molecule has 6 heteroatoms. The van der Waals surface area contributed by atoms with Gasteiger partial charge in [-0.15, -0.1) is 0 Å². The highest BCUT2D eigenvalue weighted by Gasteiger charge is 2.28. The van der Waals surface area contributed by atoms with Crippen molar-refractivity contribution < 1.29 is 8.42 Å². The van der Waals surface area contributed by atoms with Crippen molar-refractivity contribution in [1.82, 2.24) is 4.31 Å². The second kappa shape index (κ2) is 7.03. The van der Waals surface area contributed by atoms with E-state index in [1.807, 2.05) is 6.07 Å². The second-order valence-electron chi connectivity index (χ2n) is 5.44. The minimum Gasteiger partial charge on any atom is -0.330 e. The Hall–Kier alpha value is -1.42. The number of rotatable bonds is 5. The fraction of sp³-hybridized carbons (Fsp3) is 0.533. The van der Waals surface area contributed by atoms with Crippen LogP contribution in [0.5, 0.6) is 0 Å². The zero-order valence-electron chi connectivity index (χ0n) is 12.0. The molecule has 114 valence electrons. The number of piperidine rings is 1. The Balaban J connectivity index is 2.05. The Labute approximate surface area is 126 Å². The molecule has 0 bridgehead atoms. The summed E-state index contributed by atoms with van der Waals surface area (Å²) in [4.78, 5) is 0. The summed E-state index contributed by atoms with van der Waals surface area (Å²) in [5, 5.41) is 9.05. The highest BCUT2D eigenvalue weighted by Crippen LogP contribution is 2.24. The Kier molecular flexibility index (Phi) is 5.34. The molecule has 1 fully saturated rings. The molecule has 1 aliphatic rings. The van der Waals surface area contributed by atoms with E-state index in [4.69, 9.17) is 11.0 Å². The molecule has 0 atom stereocenters. The SMILES string of the molecule is N#Cc1ccccc1CS(=O)(=O)N1CCC(CCN)CC1. The summed E-state index contributed by atoms with van der Waals surface area (Å²) in [6, 6.07) is 8.91. The van der Waals surface area contributed by atoms with E-state index in [-0.39, 0.29) is 5.75 Å². The molecular formula is C15H21N3O2S. The molecule has 0 amide bonds. The van der Waals surface area contributed by atoms with Crippen LogP contribution in [0.25, 0.3) is 0 Å². The van der Waals surface area contributed by atoms with Gasteiger partial charge in [0.05, 0.1) is 17.4 Å². The Morgan fingerprint density at radius 2 is 1.95 bits per heavy atom. The first-order valence-electron chi connectivity index (χ1n) is 7.22. The van der Waals surface area contributed by atoms with E-state index >= 15 is 0 Å². The summed E-state index contributed by atoms with van der Waals surface area (Å²) in [6.45, 7) is 1.77. The maximum atomic E-state index is 12.5. The third-order valence-corrected chi connectivity index (χ3v) is 5.85. The van der Waals surface area contributed by atoms with Crippen LogP contribution in [0.3, 0.4) is 0 Å². The number of nitriles is 1. The summed E-state index contributed by atoms with van der Waals surface area (Å²) in [6.07, 6.45) is 2.71. The van der Waals surface area contributed by atoms with Gasteiger partial charge >= 0.3 is 0 Å². The van der Waals surface area contributed by atoms with Gasteiger partial charge in [0.25, 0.3) is 0 Å². The average Bonchev–Trinajstić information content (AvgIpc) is 2.48. The highest BCUT2D eigenvalue weighted by molar-refractivity contribution is 7.88. The molecule has 0 aromatic heterocycles. The number of nitrogens with two attached hydrogens (primary N) is 1. The van der Waals surface area contributed by atoms with Crippen LogP contribution in [0.1, 0.15) is 30.4 Å². The van der Waals surface area contributed by atoms with Crippen LogP contribution in [-0.2, 0) is 15.8 Å². The summed E-state index contributed by atoms with van der Waals surface area (Å²) in [7, 11) is -3.36. The standard InChI is InChI=1S/C15H21N3O2S/c16-8-5-13-6-9-18(10-7-13)21(19,20)12-15-4-2-1-3-14(15)11-17/h1-4,13H,5-10,12,16H2. The van der Waals surface area contributed by atoms with Crippen molar-refractivity contribution in [2.45, 2.75) is 25.0 Å². The largest absolute Gasteiger partial charge is 0.330 e. The van der Waals surface area contributed by atoms with Gasteiger partial charge < -0.3 is 5.73 Å². The molecule has 21 heavy (non-hydrogen) atoms. The lowest BCUT2D eigenvalue weighted by Crippen LogP contribution is -2.39. The molecular weight excluding hydrogens is 286 g/mol. The van der Waals surface area contributed by atoms with Crippen LogP contribution >= 0.6 is 0 Å². The lowest BCUT2D eigenvalue weighted by atomic mass is 9.95. The molecule has 0 saturated carbocycles. The van der Waals surface area contributed by atoms with E-state index in [1.165, 1.54) is 0 Å². The van der Waals surface area contributed by atoms with Crippen LogP contribution in [0, 0.1) is 17.2 Å². The summed E-state index contributed by atoms with van der Waals surface area (Å²) >= 11 is 0. The smallest absolute Gasteiger partial charge is 0.218 e. The number of hydrogen-bond donors (Lipinski definition) is 1. The fourth-order valence-electron chi connectivity index (χ4n) is 2.75. The number of sulfonamides is 1. The highest BCUT2D eigenvalue weighted by atomic mass is 32.2. The predicted molar refractivity (Wildman–Crippen MR) is 81.7 cm³/mol. The summed E-state index contributed by atoms with van der Waals surface area (Å²) in [5.74, 6) is 0.436. The van der Waals surface area contributed by atoms with Gasteiger partial charge in [0.15, 0.2) is 0 Å². The monoisotopic (exact) mass is 307 g/mol. The van der Waals surface area contributed by atoms with E-state index in [0.717, 1.165) is 19.3 Å². The molecule has 0 aliphatic carbocycles. The minimum atomic E-state index is -3.36. The van der Waals surface area contributed by atoms with Crippen LogP contribution in [0.15, 0.2) is 24.3 Å². The first kappa shape index (κ1) is 16.0. The van der Waals surface area contributed by atoms with Crippen molar-refractivity contribution in [3.05, 3.63) is 35.4 Å². The molecule has 0 spiro atoms. The number of hydrogen-bond acceptors (Lipinski definition) is 4. The molecule has 2 rings (SSSR count). The third kappa shape index (κ3) is 4.03. The average molecular weight is 307 g/mol. The maximum Gasteiger partial charge on any atom is 0.218 e. The number of benzene rings is 1. The zero-order valence-corrected chi connectivity index (χ0v) is 12.8. The van der Waals surface area contributed by atoms with Gasteiger partial charge in [0.1, 0.15) is 0 Å².